The lowest BCUT2D eigenvalue weighted by atomic mass is 9.77. The normalized spacial score (nSPS) is 27.4. The topological polar surface area (TPSA) is 12.9 Å². The fourth-order valence-electron chi connectivity index (χ4n) is 10.4. The van der Waals surface area contributed by atoms with Crippen molar-refractivity contribution in [2.75, 3.05) is 0 Å². The first kappa shape index (κ1) is 28.8. The SMILES string of the molecule is FC12CCC(F)(C1)c1c(-c3c4ccccc4c(-c4cccc5c4C4(F)CCC5(F)C4)c4cc(-c5ccnc6ccccc56)ccc34)cccc12. The predicted octanol–water partition coefficient (Wildman–Crippen LogP) is 12.6. The van der Waals surface area contributed by atoms with Gasteiger partial charge < -0.3 is 0 Å². The van der Waals surface area contributed by atoms with Crippen LogP contribution in [0.2, 0.25) is 0 Å². The highest BCUT2D eigenvalue weighted by atomic mass is 19.2. The molecule has 0 saturated heterocycles. The Hall–Kier alpha value is -5.03. The van der Waals surface area contributed by atoms with Gasteiger partial charge in [-0.05, 0) is 110 Å². The first-order chi connectivity index (χ1) is 24.2. The maximum atomic E-state index is 16.9. The van der Waals surface area contributed by atoms with E-state index in [2.05, 4.69) is 29.2 Å². The van der Waals surface area contributed by atoms with Crippen molar-refractivity contribution in [1.82, 2.24) is 4.98 Å². The largest absolute Gasteiger partial charge is 0.256 e. The molecule has 244 valence electrons. The number of nitrogens with zero attached hydrogens (tertiary/aromatic N) is 1. The summed E-state index contributed by atoms with van der Waals surface area (Å²) < 4.78 is 66.3. The quantitative estimate of drug-likeness (QED) is 0.136. The Bertz CT molecular complexity index is 2640. The zero-order valence-electron chi connectivity index (χ0n) is 27.2. The van der Waals surface area contributed by atoms with Gasteiger partial charge in [0, 0.05) is 35.6 Å². The Labute approximate surface area is 286 Å². The van der Waals surface area contributed by atoms with Gasteiger partial charge >= 0.3 is 0 Å². The van der Waals surface area contributed by atoms with E-state index in [4.69, 9.17) is 0 Å². The fourth-order valence-corrected chi connectivity index (χ4v) is 10.4. The third-order valence-electron chi connectivity index (χ3n) is 12.5. The number of halogens is 4. The van der Waals surface area contributed by atoms with E-state index in [1.165, 1.54) is 0 Å². The number of hydrogen-bond donors (Lipinski definition) is 0. The van der Waals surface area contributed by atoms with Gasteiger partial charge in [0.05, 0.1) is 5.52 Å². The van der Waals surface area contributed by atoms with Crippen LogP contribution in [0.15, 0.2) is 115 Å². The number of alkyl halides is 4. The second-order valence-electron chi connectivity index (χ2n) is 15.1. The second kappa shape index (κ2) is 9.39. The molecule has 4 bridgehead atoms. The van der Waals surface area contributed by atoms with E-state index in [0.29, 0.717) is 33.4 Å². The van der Waals surface area contributed by atoms with Crippen LogP contribution < -0.4 is 0 Å². The maximum Gasteiger partial charge on any atom is 0.140 e. The van der Waals surface area contributed by atoms with Crippen LogP contribution in [0.3, 0.4) is 0 Å². The molecule has 6 aromatic carbocycles. The molecule has 50 heavy (non-hydrogen) atoms. The monoisotopic (exact) mass is 661 g/mol. The number of fused-ring (bicyclic) bond motifs is 13. The third-order valence-corrected chi connectivity index (χ3v) is 12.5. The van der Waals surface area contributed by atoms with Crippen molar-refractivity contribution in [2.45, 2.75) is 61.2 Å². The molecule has 4 aliphatic carbocycles. The van der Waals surface area contributed by atoms with Gasteiger partial charge in [-0.25, -0.2) is 17.6 Å². The lowest BCUT2D eigenvalue weighted by Gasteiger charge is -2.28. The molecule has 7 aromatic rings. The summed E-state index contributed by atoms with van der Waals surface area (Å²) in [6.45, 7) is 0. The summed E-state index contributed by atoms with van der Waals surface area (Å²) in [5.74, 6) is 0. The molecule has 0 aliphatic heterocycles. The van der Waals surface area contributed by atoms with E-state index in [1.54, 1.807) is 18.3 Å². The molecule has 2 saturated carbocycles. The van der Waals surface area contributed by atoms with Gasteiger partial charge in [0.2, 0.25) is 0 Å². The molecule has 4 atom stereocenters. The smallest absolute Gasteiger partial charge is 0.140 e. The minimum atomic E-state index is -1.76. The molecule has 4 unspecified atom stereocenters. The Morgan fingerprint density at radius 3 is 1.58 bits per heavy atom. The Balaban J connectivity index is 1.30. The lowest BCUT2D eigenvalue weighted by molar-refractivity contribution is 0.144. The summed E-state index contributed by atoms with van der Waals surface area (Å²) in [6.07, 6.45) is 2.16. The van der Waals surface area contributed by atoms with Crippen LogP contribution in [0.1, 0.15) is 60.8 Å². The van der Waals surface area contributed by atoms with Gasteiger partial charge in [0.1, 0.15) is 22.7 Å². The van der Waals surface area contributed by atoms with Crippen molar-refractivity contribution >= 4 is 32.4 Å². The van der Waals surface area contributed by atoms with Gasteiger partial charge in [0.15, 0.2) is 0 Å². The van der Waals surface area contributed by atoms with E-state index in [9.17, 15) is 0 Å². The van der Waals surface area contributed by atoms with Crippen molar-refractivity contribution in [3.05, 3.63) is 138 Å². The van der Waals surface area contributed by atoms with Crippen LogP contribution in [0.4, 0.5) is 17.6 Å². The summed E-state index contributed by atoms with van der Waals surface area (Å²) in [4.78, 5) is 4.59. The molecule has 1 nitrogen and oxygen atoms in total. The molecule has 1 heterocycles. The van der Waals surface area contributed by atoms with E-state index >= 15 is 17.6 Å². The van der Waals surface area contributed by atoms with Crippen molar-refractivity contribution in [2.24, 2.45) is 0 Å². The minimum Gasteiger partial charge on any atom is -0.256 e. The van der Waals surface area contributed by atoms with Gasteiger partial charge in [-0.15, -0.1) is 0 Å². The zero-order valence-corrected chi connectivity index (χ0v) is 27.2. The molecule has 1 aromatic heterocycles. The third kappa shape index (κ3) is 3.55. The van der Waals surface area contributed by atoms with Gasteiger partial charge in [-0.1, -0.05) is 91.0 Å². The number of aromatic nitrogens is 1. The average molecular weight is 662 g/mol. The Morgan fingerprint density at radius 1 is 0.440 bits per heavy atom. The van der Waals surface area contributed by atoms with E-state index in [-0.39, 0.29) is 38.5 Å². The predicted molar refractivity (Wildman–Crippen MR) is 192 cm³/mol. The summed E-state index contributed by atoms with van der Waals surface area (Å²) in [7, 11) is 0. The molecule has 0 N–H and O–H groups in total. The van der Waals surface area contributed by atoms with Crippen LogP contribution >= 0.6 is 0 Å². The number of benzene rings is 6. The molecule has 0 radical (unpaired) electrons. The molecule has 4 aliphatic rings. The van der Waals surface area contributed by atoms with Gasteiger partial charge in [-0.3, -0.25) is 4.98 Å². The number of hydrogen-bond acceptors (Lipinski definition) is 1. The van der Waals surface area contributed by atoms with E-state index in [1.807, 2.05) is 72.8 Å². The number of pyridine rings is 1. The van der Waals surface area contributed by atoms with Crippen molar-refractivity contribution in [3.8, 4) is 33.4 Å². The molecule has 5 heteroatoms. The van der Waals surface area contributed by atoms with Crippen LogP contribution in [0, 0.1) is 0 Å². The fraction of sp³-hybridized carbons (Fsp3) is 0.222. The van der Waals surface area contributed by atoms with Crippen molar-refractivity contribution in [3.63, 3.8) is 0 Å². The maximum absolute atomic E-state index is 16.9. The zero-order chi connectivity index (χ0) is 33.6. The molecule has 2 fully saturated rings. The Kier molecular flexibility index (Phi) is 5.41. The lowest BCUT2D eigenvalue weighted by Crippen LogP contribution is -2.18. The van der Waals surface area contributed by atoms with E-state index in [0.717, 1.165) is 54.7 Å². The van der Waals surface area contributed by atoms with Crippen LogP contribution in [0.25, 0.3) is 65.8 Å². The molecule has 11 rings (SSSR count). The summed E-state index contributed by atoms with van der Waals surface area (Å²) in [5, 5.41) is 4.45. The van der Waals surface area contributed by atoms with Gasteiger partial charge in [-0.2, -0.15) is 0 Å². The van der Waals surface area contributed by atoms with Gasteiger partial charge in [0.25, 0.3) is 0 Å². The minimum absolute atomic E-state index is 0.148. The van der Waals surface area contributed by atoms with Crippen LogP contribution in [0.5, 0.6) is 0 Å². The first-order valence-electron chi connectivity index (χ1n) is 17.6. The summed E-state index contributed by atoms with van der Waals surface area (Å²) in [5.41, 5.74) is 0.805. The average Bonchev–Trinajstić information content (AvgIpc) is 3.79. The first-order valence-corrected chi connectivity index (χ1v) is 17.6. The molecular formula is C45H31F4N. The summed E-state index contributed by atoms with van der Waals surface area (Å²) >= 11 is 0. The second-order valence-corrected chi connectivity index (χ2v) is 15.1. The van der Waals surface area contributed by atoms with Crippen molar-refractivity contribution < 1.29 is 17.6 Å². The standard InChI is InChI=1S/C45H31F4N/c46-42-18-20-44(48,24-42)40-32(10-5-12-35(40)42)38-29-8-1-2-9-30(29)39(33-11-6-13-36-41(33)45(49)21-19-43(36,47)25-45)34-23-26(15-16-31(34)38)27-17-22-50-37-14-4-3-7-28(27)37/h1-17,22-23H,18-21,24-25H2. The molecular weight excluding hydrogens is 630 g/mol. The molecule has 0 spiro atoms. The molecule has 0 amide bonds. The Morgan fingerprint density at radius 2 is 0.960 bits per heavy atom. The van der Waals surface area contributed by atoms with E-state index < -0.39 is 22.7 Å². The number of para-hydroxylation sites is 1. The highest BCUT2D eigenvalue weighted by molar-refractivity contribution is 6.23. The van der Waals surface area contributed by atoms with Crippen LogP contribution in [-0.4, -0.2) is 4.98 Å². The van der Waals surface area contributed by atoms with Crippen LogP contribution in [-0.2, 0) is 22.7 Å². The highest BCUT2D eigenvalue weighted by Crippen LogP contribution is 2.66. The highest BCUT2D eigenvalue weighted by Gasteiger charge is 2.61. The number of rotatable bonds is 3. The van der Waals surface area contributed by atoms with Crippen molar-refractivity contribution in [1.29, 1.82) is 0 Å². The summed E-state index contributed by atoms with van der Waals surface area (Å²) in [6, 6.07) is 35.3.